The lowest BCUT2D eigenvalue weighted by Gasteiger charge is -2.13. The number of aliphatic carboxylic acids is 1. The molecular weight excluding hydrogens is 206 g/mol. The molecule has 0 heterocycles. The molecule has 0 aliphatic heterocycles. The predicted molar refractivity (Wildman–Crippen MR) is 62.8 cm³/mol. The number of allylic oxidation sites excluding steroid dienone is 1. The second kappa shape index (κ2) is 7.91. The van der Waals surface area contributed by atoms with Crippen molar-refractivity contribution in [2.45, 2.75) is 46.5 Å². The number of carbonyl (C=O) groups excluding carboxylic acids is 1. The van der Waals surface area contributed by atoms with Crippen molar-refractivity contribution in [3.05, 3.63) is 11.8 Å². The smallest absolute Gasteiger partial charge is 0.330 e. The van der Waals surface area contributed by atoms with Crippen LogP contribution in [0.15, 0.2) is 11.8 Å². The number of carbonyl (C=O) groups is 2. The lowest BCUT2D eigenvalue weighted by atomic mass is 9.98. The van der Waals surface area contributed by atoms with Gasteiger partial charge in [0.2, 0.25) is 5.91 Å². The number of carboxylic acids is 1. The highest BCUT2D eigenvalue weighted by atomic mass is 16.4. The van der Waals surface area contributed by atoms with Crippen LogP contribution in [0, 0.1) is 5.92 Å². The van der Waals surface area contributed by atoms with Gasteiger partial charge in [-0.1, -0.05) is 33.1 Å². The molecule has 0 saturated heterocycles. The number of carboxylic acid groups (broad SMARTS) is 1. The zero-order valence-electron chi connectivity index (χ0n) is 10.2. The average molecular weight is 227 g/mol. The molecule has 0 spiro atoms. The van der Waals surface area contributed by atoms with Crippen LogP contribution in [0.2, 0.25) is 0 Å². The van der Waals surface area contributed by atoms with E-state index in [1.807, 2.05) is 0 Å². The van der Waals surface area contributed by atoms with Gasteiger partial charge in [-0.15, -0.1) is 0 Å². The first kappa shape index (κ1) is 14.7. The van der Waals surface area contributed by atoms with Crippen molar-refractivity contribution < 1.29 is 14.7 Å². The normalized spacial score (nSPS) is 13.3. The maximum absolute atomic E-state index is 10.9. The predicted octanol–water partition coefficient (Wildman–Crippen LogP) is 2.31. The highest BCUT2D eigenvalue weighted by molar-refractivity contribution is 5.82. The minimum atomic E-state index is -1.02. The van der Waals surface area contributed by atoms with Gasteiger partial charge in [0.25, 0.3) is 0 Å². The topological polar surface area (TPSA) is 66.4 Å². The monoisotopic (exact) mass is 227 g/mol. The highest BCUT2D eigenvalue weighted by Gasteiger charge is 2.08. The Labute approximate surface area is 96.7 Å². The van der Waals surface area contributed by atoms with Gasteiger partial charge in [0.1, 0.15) is 0 Å². The Bertz CT molecular complexity index is 271. The summed E-state index contributed by atoms with van der Waals surface area (Å²) in [5, 5.41) is 11.2. The molecule has 0 aliphatic rings. The molecule has 0 fully saturated rings. The minimum absolute atomic E-state index is 0.227. The molecule has 0 aromatic heterocycles. The molecular formula is C12H21NO3. The van der Waals surface area contributed by atoms with Crippen LogP contribution >= 0.6 is 0 Å². The molecule has 1 atom stereocenters. The number of nitrogens with one attached hydrogen (secondary N) is 1. The molecule has 0 unspecified atom stereocenters. The summed E-state index contributed by atoms with van der Waals surface area (Å²) in [5.41, 5.74) is 0.489. The van der Waals surface area contributed by atoms with Gasteiger partial charge < -0.3 is 10.4 Å². The molecule has 1 amide bonds. The van der Waals surface area contributed by atoms with Gasteiger partial charge >= 0.3 is 5.97 Å². The molecule has 0 rings (SSSR count). The summed E-state index contributed by atoms with van der Waals surface area (Å²) in [7, 11) is 0. The standard InChI is InChI=1S/C12H21NO3/c1-4-5-6-9(2)7-11(8-12(15)16)13-10(3)14/h8-9H,4-7H2,1-3H3,(H,13,14)(H,15,16)/b11-8-/t9-/m1/s1. The fraction of sp³-hybridized carbons (Fsp3) is 0.667. The molecule has 4 nitrogen and oxygen atoms in total. The van der Waals surface area contributed by atoms with Gasteiger partial charge in [0, 0.05) is 18.7 Å². The van der Waals surface area contributed by atoms with Crippen LogP contribution in [-0.4, -0.2) is 17.0 Å². The van der Waals surface area contributed by atoms with Crippen molar-refractivity contribution in [1.82, 2.24) is 5.32 Å². The Morgan fingerprint density at radius 2 is 2.06 bits per heavy atom. The van der Waals surface area contributed by atoms with Gasteiger partial charge in [0.05, 0.1) is 0 Å². The van der Waals surface area contributed by atoms with Crippen molar-refractivity contribution in [2.75, 3.05) is 0 Å². The lowest BCUT2D eigenvalue weighted by Crippen LogP contribution is -2.21. The Morgan fingerprint density at radius 3 is 2.50 bits per heavy atom. The third-order valence-electron chi connectivity index (χ3n) is 2.25. The summed E-state index contributed by atoms with van der Waals surface area (Å²) in [4.78, 5) is 21.4. The number of rotatable bonds is 7. The molecule has 0 radical (unpaired) electrons. The Balaban J connectivity index is 4.31. The van der Waals surface area contributed by atoms with Crippen molar-refractivity contribution in [3.8, 4) is 0 Å². The Hall–Kier alpha value is -1.32. The van der Waals surface area contributed by atoms with Gasteiger partial charge in [-0.25, -0.2) is 4.79 Å². The van der Waals surface area contributed by atoms with Gasteiger partial charge in [0.15, 0.2) is 0 Å². The lowest BCUT2D eigenvalue weighted by molar-refractivity contribution is -0.131. The van der Waals surface area contributed by atoms with E-state index in [-0.39, 0.29) is 5.91 Å². The fourth-order valence-electron chi connectivity index (χ4n) is 1.55. The largest absolute Gasteiger partial charge is 0.478 e. The fourth-order valence-corrected chi connectivity index (χ4v) is 1.55. The van der Waals surface area contributed by atoms with E-state index < -0.39 is 5.97 Å². The van der Waals surface area contributed by atoms with Crippen molar-refractivity contribution in [3.63, 3.8) is 0 Å². The van der Waals surface area contributed by atoms with Crippen LogP contribution in [0.25, 0.3) is 0 Å². The van der Waals surface area contributed by atoms with Gasteiger partial charge in [-0.3, -0.25) is 4.79 Å². The van der Waals surface area contributed by atoms with Crippen molar-refractivity contribution in [1.29, 1.82) is 0 Å². The van der Waals surface area contributed by atoms with E-state index in [0.29, 0.717) is 18.0 Å². The van der Waals surface area contributed by atoms with Gasteiger partial charge in [-0.2, -0.15) is 0 Å². The molecule has 92 valence electrons. The van der Waals surface area contributed by atoms with E-state index in [0.717, 1.165) is 25.3 Å². The summed E-state index contributed by atoms with van der Waals surface area (Å²) in [6.07, 6.45) is 4.98. The third kappa shape index (κ3) is 8.03. The highest BCUT2D eigenvalue weighted by Crippen LogP contribution is 2.15. The van der Waals surface area contributed by atoms with E-state index in [1.165, 1.54) is 6.92 Å². The number of hydrogen-bond acceptors (Lipinski definition) is 2. The first-order chi connectivity index (χ1) is 7.45. The molecule has 4 heteroatoms. The zero-order valence-corrected chi connectivity index (χ0v) is 10.2. The van der Waals surface area contributed by atoms with Crippen molar-refractivity contribution >= 4 is 11.9 Å². The van der Waals surface area contributed by atoms with E-state index in [2.05, 4.69) is 19.2 Å². The zero-order chi connectivity index (χ0) is 12.6. The van der Waals surface area contributed by atoms with Crippen LogP contribution in [0.3, 0.4) is 0 Å². The van der Waals surface area contributed by atoms with E-state index in [9.17, 15) is 9.59 Å². The molecule has 16 heavy (non-hydrogen) atoms. The molecule has 2 N–H and O–H groups in total. The average Bonchev–Trinajstić information content (AvgIpc) is 2.12. The Kier molecular flexibility index (Phi) is 7.25. The van der Waals surface area contributed by atoms with Gasteiger partial charge in [-0.05, 0) is 12.3 Å². The molecule has 0 aromatic carbocycles. The summed E-state index contributed by atoms with van der Waals surface area (Å²) in [5.74, 6) is -0.862. The molecule has 0 saturated carbocycles. The maximum atomic E-state index is 10.9. The van der Waals surface area contributed by atoms with Crippen LogP contribution < -0.4 is 5.32 Å². The summed E-state index contributed by atoms with van der Waals surface area (Å²) in [6, 6.07) is 0. The Morgan fingerprint density at radius 1 is 1.44 bits per heavy atom. The van der Waals surface area contributed by atoms with Crippen molar-refractivity contribution in [2.24, 2.45) is 5.92 Å². The number of amides is 1. The number of unbranched alkanes of at least 4 members (excludes halogenated alkanes) is 1. The van der Waals surface area contributed by atoms with E-state index >= 15 is 0 Å². The SMILES string of the molecule is CCCC[C@@H](C)C/C(=C/C(=O)O)NC(C)=O. The van der Waals surface area contributed by atoms with E-state index in [4.69, 9.17) is 5.11 Å². The van der Waals surface area contributed by atoms with Crippen LogP contribution in [0.1, 0.15) is 46.5 Å². The maximum Gasteiger partial charge on any atom is 0.330 e. The molecule has 0 aromatic rings. The summed E-state index contributed by atoms with van der Waals surface area (Å²) in [6.45, 7) is 5.56. The van der Waals surface area contributed by atoms with E-state index in [1.54, 1.807) is 0 Å². The summed E-state index contributed by atoms with van der Waals surface area (Å²) >= 11 is 0. The quantitative estimate of drug-likeness (QED) is 0.656. The molecule has 0 bridgehead atoms. The first-order valence-corrected chi connectivity index (χ1v) is 5.66. The molecule has 0 aliphatic carbocycles. The van der Waals surface area contributed by atoms with Crippen LogP contribution in [0.5, 0.6) is 0 Å². The van der Waals surface area contributed by atoms with Crippen LogP contribution in [0.4, 0.5) is 0 Å². The first-order valence-electron chi connectivity index (χ1n) is 5.66. The van der Waals surface area contributed by atoms with Crippen LogP contribution in [-0.2, 0) is 9.59 Å². The number of hydrogen-bond donors (Lipinski definition) is 2. The summed E-state index contributed by atoms with van der Waals surface area (Å²) < 4.78 is 0. The second-order valence-electron chi connectivity index (χ2n) is 4.14. The minimum Gasteiger partial charge on any atom is -0.478 e. The third-order valence-corrected chi connectivity index (χ3v) is 2.25. The second-order valence-corrected chi connectivity index (χ2v) is 4.14.